The second-order valence-electron chi connectivity index (χ2n) is 11.8. The van der Waals surface area contributed by atoms with Crippen LogP contribution in [0.3, 0.4) is 0 Å². The summed E-state index contributed by atoms with van der Waals surface area (Å²) in [5, 5.41) is 11.2. The molecule has 0 saturated carbocycles. The van der Waals surface area contributed by atoms with Crippen molar-refractivity contribution < 1.29 is 62.5 Å². The normalized spacial score (nSPS) is 17.8. The maximum atomic E-state index is 15.1. The molecule has 0 bridgehead atoms. The minimum atomic E-state index is -1.04. The van der Waals surface area contributed by atoms with Crippen LogP contribution in [0.5, 0.6) is 5.75 Å². The summed E-state index contributed by atoms with van der Waals surface area (Å²) in [6.45, 7) is 5.33. The Balaban J connectivity index is 0.00000400. The number of benzene rings is 1. The van der Waals surface area contributed by atoms with Crippen LogP contribution in [0.4, 0.5) is 14.6 Å². The van der Waals surface area contributed by atoms with Gasteiger partial charge in [-0.25, -0.2) is 13.8 Å². The summed E-state index contributed by atoms with van der Waals surface area (Å²) in [5.41, 5.74) is 3.03. The van der Waals surface area contributed by atoms with Crippen LogP contribution in [-0.2, 0) is 20.9 Å². The molecule has 0 spiro atoms. The summed E-state index contributed by atoms with van der Waals surface area (Å²) in [7, 11) is 0. The Bertz CT molecular complexity index is 1540. The molecule has 2 aromatic heterocycles. The maximum absolute atomic E-state index is 15.1. The Morgan fingerprint density at radius 1 is 0.978 bits per heavy atom. The molecule has 9 nitrogen and oxygen atoms in total. The maximum Gasteiger partial charge on any atom is 1.00 e. The molecule has 0 N–H and O–H groups in total. The molecule has 1 amide bonds. The second-order valence-corrected chi connectivity index (χ2v) is 11.8. The molecule has 3 fully saturated rings. The van der Waals surface area contributed by atoms with Gasteiger partial charge in [0.25, 0.3) is 0 Å². The van der Waals surface area contributed by atoms with E-state index in [0.717, 1.165) is 35.9 Å². The molecule has 0 atom stereocenters. The standard InChI is InChI=1S/C33H36F2N4O5.Na/c1-20-23(5-6-28(36-20)21-7-13-39(14-8-21)32(40)24-17-43-18-24)19-44-31-26(15-25(34)16-27(31)35)29-3-2-4-30(37-29)38-11-9-22(10-12-38)33(41)42;/h2-6,15-16,21-22,24H,7-14,17-19H2,1H3,(H,41,42);/q;+1/p-1. The Labute approximate surface area is 283 Å². The Morgan fingerprint density at radius 3 is 2.36 bits per heavy atom. The minimum Gasteiger partial charge on any atom is -0.550 e. The topological polar surface area (TPSA) is 108 Å². The predicted molar refractivity (Wildman–Crippen MR) is 156 cm³/mol. The van der Waals surface area contributed by atoms with Gasteiger partial charge in [0.05, 0.1) is 24.8 Å². The Morgan fingerprint density at radius 2 is 1.71 bits per heavy atom. The zero-order valence-corrected chi connectivity index (χ0v) is 27.6. The van der Waals surface area contributed by atoms with Gasteiger partial charge in [-0.2, -0.15) is 0 Å². The van der Waals surface area contributed by atoms with Gasteiger partial charge in [0.15, 0.2) is 11.6 Å². The number of aryl methyl sites for hydroxylation is 1. The van der Waals surface area contributed by atoms with Crippen LogP contribution in [0.1, 0.15) is 48.6 Å². The Kier molecular flexibility index (Phi) is 10.7. The van der Waals surface area contributed by atoms with Crippen molar-refractivity contribution in [1.29, 1.82) is 0 Å². The van der Waals surface area contributed by atoms with Crippen molar-refractivity contribution in [3.8, 4) is 17.0 Å². The van der Waals surface area contributed by atoms with Gasteiger partial charge in [0.1, 0.15) is 18.2 Å². The fraction of sp³-hybridized carbons (Fsp3) is 0.455. The molecule has 3 aliphatic heterocycles. The number of hydrogen-bond donors (Lipinski definition) is 0. The molecule has 6 rings (SSSR count). The molecule has 232 valence electrons. The van der Waals surface area contributed by atoms with Gasteiger partial charge in [0, 0.05) is 72.6 Å². The monoisotopic (exact) mass is 628 g/mol. The number of halogens is 2. The van der Waals surface area contributed by atoms with Crippen LogP contribution in [0, 0.1) is 30.4 Å². The van der Waals surface area contributed by atoms with E-state index in [1.807, 2.05) is 28.9 Å². The van der Waals surface area contributed by atoms with Gasteiger partial charge < -0.3 is 29.2 Å². The predicted octanol–water partition coefficient (Wildman–Crippen LogP) is 0.632. The number of piperidine rings is 2. The van der Waals surface area contributed by atoms with E-state index in [1.165, 1.54) is 6.07 Å². The number of rotatable bonds is 8. The number of aromatic nitrogens is 2. The van der Waals surface area contributed by atoms with Crippen LogP contribution in [-0.4, -0.2) is 66.1 Å². The van der Waals surface area contributed by atoms with Crippen molar-refractivity contribution in [3.63, 3.8) is 0 Å². The van der Waals surface area contributed by atoms with E-state index in [-0.39, 0.29) is 65.2 Å². The fourth-order valence-corrected chi connectivity index (χ4v) is 6.16. The summed E-state index contributed by atoms with van der Waals surface area (Å²) in [6.07, 6.45) is 2.57. The number of carbonyl (C=O) groups excluding carboxylic acids is 2. The number of anilines is 1. The number of carbonyl (C=O) groups is 2. The van der Waals surface area contributed by atoms with Crippen molar-refractivity contribution >= 4 is 17.7 Å². The van der Waals surface area contributed by atoms with Crippen LogP contribution in [0.15, 0.2) is 42.5 Å². The first kappa shape index (κ1) is 33.2. The van der Waals surface area contributed by atoms with Gasteiger partial charge in [-0.1, -0.05) is 12.1 Å². The number of amides is 1. The van der Waals surface area contributed by atoms with E-state index in [9.17, 15) is 19.1 Å². The number of carboxylic acids is 1. The van der Waals surface area contributed by atoms with Crippen LogP contribution < -0.4 is 44.3 Å². The number of aliphatic carboxylic acids is 1. The first-order valence-electron chi connectivity index (χ1n) is 15.1. The van der Waals surface area contributed by atoms with Gasteiger partial charge in [0.2, 0.25) is 5.91 Å². The third-order valence-electron chi connectivity index (χ3n) is 8.97. The Hall–Kier alpha value is -3.12. The third-order valence-corrected chi connectivity index (χ3v) is 8.97. The second kappa shape index (κ2) is 14.5. The number of ether oxygens (including phenoxy) is 2. The first-order chi connectivity index (χ1) is 21.3. The molecule has 0 radical (unpaired) electrons. The number of carboxylic acid groups (broad SMARTS) is 1. The number of likely N-dealkylation sites (tertiary alicyclic amines) is 1. The third kappa shape index (κ3) is 7.48. The number of hydrogen-bond acceptors (Lipinski definition) is 8. The van der Waals surface area contributed by atoms with Gasteiger partial charge in [-0.15, -0.1) is 0 Å². The van der Waals surface area contributed by atoms with E-state index in [1.54, 1.807) is 18.2 Å². The van der Waals surface area contributed by atoms with Crippen molar-refractivity contribution in [2.75, 3.05) is 44.3 Å². The largest absolute Gasteiger partial charge is 1.00 e. The van der Waals surface area contributed by atoms with Crippen molar-refractivity contribution in [2.24, 2.45) is 11.8 Å². The van der Waals surface area contributed by atoms with Crippen molar-refractivity contribution in [1.82, 2.24) is 14.9 Å². The molecule has 3 aliphatic rings. The molecule has 5 heterocycles. The SMILES string of the molecule is Cc1nc(C2CCN(C(=O)C3COC3)CC2)ccc1COc1c(F)cc(F)cc1-c1cccc(N2CCC(C(=O)[O-])CC2)n1.[Na+]. The summed E-state index contributed by atoms with van der Waals surface area (Å²) in [4.78, 5) is 37.1. The van der Waals surface area contributed by atoms with E-state index in [2.05, 4.69) is 4.98 Å². The zero-order chi connectivity index (χ0) is 30.8. The number of nitrogens with zero attached hydrogens (tertiary/aromatic N) is 4. The summed E-state index contributed by atoms with van der Waals surface area (Å²) < 4.78 is 40.7. The van der Waals surface area contributed by atoms with E-state index in [0.29, 0.717) is 63.7 Å². The van der Waals surface area contributed by atoms with E-state index < -0.39 is 23.5 Å². The molecule has 12 heteroatoms. The smallest absolute Gasteiger partial charge is 0.550 e. The van der Waals surface area contributed by atoms with Gasteiger partial charge in [-0.05, 0) is 56.9 Å². The summed E-state index contributed by atoms with van der Waals surface area (Å²) in [6, 6.07) is 11.1. The van der Waals surface area contributed by atoms with Crippen LogP contribution in [0.25, 0.3) is 11.3 Å². The molecule has 0 aliphatic carbocycles. The van der Waals surface area contributed by atoms with E-state index in [4.69, 9.17) is 14.5 Å². The van der Waals surface area contributed by atoms with Gasteiger partial charge >= 0.3 is 29.6 Å². The molecular formula is C33H35F2N4NaO5. The molecule has 45 heavy (non-hydrogen) atoms. The molecule has 3 aromatic rings. The first-order valence-corrected chi connectivity index (χ1v) is 15.1. The summed E-state index contributed by atoms with van der Waals surface area (Å²) >= 11 is 0. The molecule has 3 saturated heterocycles. The quantitative estimate of drug-likeness (QED) is 0.335. The molecular weight excluding hydrogens is 593 g/mol. The van der Waals surface area contributed by atoms with E-state index >= 15 is 4.39 Å². The van der Waals surface area contributed by atoms with Crippen LogP contribution in [0.2, 0.25) is 0 Å². The molecule has 0 unspecified atom stereocenters. The van der Waals surface area contributed by atoms with Crippen LogP contribution >= 0.6 is 0 Å². The fourth-order valence-electron chi connectivity index (χ4n) is 6.16. The van der Waals surface area contributed by atoms with Crippen molar-refractivity contribution in [2.45, 2.75) is 45.1 Å². The zero-order valence-electron chi connectivity index (χ0n) is 25.6. The van der Waals surface area contributed by atoms with Crippen molar-refractivity contribution in [3.05, 3.63) is 71.1 Å². The number of pyridine rings is 2. The molecule has 1 aromatic carbocycles. The van der Waals surface area contributed by atoms with Gasteiger partial charge in [-0.3, -0.25) is 9.78 Å². The average molecular weight is 629 g/mol. The average Bonchev–Trinajstić information content (AvgIpc) is 3.00. The summed E-state index contributed by atoms with van der Waals surface area (Å²) in [5.74, 6) is -2.20. The minimum absolute atomic E-state index is 0.